The van der Waals surface area contributed by atoms with Crippen molar-refractivity contribution in [1.29, 1.82) is 0 Å². The van der Waals surface area contributed by atoms with E-state index in [0.717, 1.165) is 16.9 Å². The molecule has 0 saturated carbocycles. The highest BCUT2D eigenvalue weighted by Gasteiger charge is 2.19. The molecule has 0 fully saturated rings. The third kappa shape index (κ3) is 3.52. The molecule has 0 saturated heterocycles. The van der Waals surface area contributed by atoms with E-state index in [9.17, 15) is 5.11 Å². The Hall–Kier alpha value is -2.20. The molecular weight excluding hydrogens is 280 g/mol. The molecule has 1 atom stereocenters. The van der Waals surface area contributed by atoms with E-state index in [1.807, 2.05) is 42.5 Å². The van der Waals surface area contributed by atoms with Crippen molar-refractivity contribution in [3.63, 3.8) is 0 Å². The van der Waals surface area contributed by atoms with Gasteiger partial charge in [0.05, 0.1) is 27.9 Å². The van der Waals surface area contributed by atoms with Crippen molar-refractivity contribution in [2.24, 2.45) is 0 Å². The van der Waals surface area contributed by atoms with E-state index in [2.05, 4.69) is 0 Å². The Labute approximate surface area is 131 Å². The minimum Gasteiger partial charge on any atom is -0.497 e. The van der Waals surface area contributed by atoms with Crippen LogP contribution < -0.4 is 14.2 Å². The van der Waals surface area contributed by atoms with E-state index in [-0.39, 0.29) is 12.5 Å². The van der Waals surface area contributed by atoms with E-state index < -0.39 is 0 Å². The molecule has 2 aromatic carbocycles. The zero-order chi connectivity index (χ0) is 15.9. The second-order valence-electron chi connectivity index (χ2n) is 5.01. The van der Waals surface area contributed by atoms with Crippen LogP contribution in [-0.4, -0.2) is 33.0 Å². The number of aliphatic hydroxyl groups is 1. The summed E-state index contributed by atoms with van der Waals surface area (Å²) in [6.07, 6.45) is 0.712. The number of methoxy groups -OCH3 is 3. The van der Waals surface area contributed by atoms with Gasteiger partial charge in [0.15, 0.2) is 11.5 Å². The molecule has 1 unspecified atom stereocenters. The van der Waals surface area contributed by atoms with Crippen LogP contribution in [0.1, 0.15) is 17.0 Å². The van der Waals surface area contributed by atoms with Crippen molar-refractivity contribution in [1.82, 2.24) is 0 Å². The van der Waals surface area contributed by atoms with Crippen molar-refractivity contribution in [3.8, 4) is 17.2 Å². The van der Waals surface area contributed by atoms with Crippen LogP contribution in [0.3, 0.4) is 0 Å². The molecule has 4 heteroatoms. The third-order valence-corrected chi connectivity index (χ3v) is 3.73. The SMILES string of the molecule is COc1ccc(CC(CO)c2cccc(OC)c2OC)cc1. The summed E-state index contributed by atoms with van der Waals surface area (Å²) >= 11 is 0. The Morgan fingerprint density at radius 1 is 0.909 bits per heavy atom. The van der Waals surface area contributed by atoms with Gasteiger partial charge in [-0.3, -0.25) is 0 Å². The number of ether oxygens (including phenoxy) is 3. The van der Waals surface area contributed by atoms with Crippen LogP contribution in [0.15, 0.2) is 42.5 Å². The summed E-state index contributed by atoms with van der Waals surface area (Å²) in [5.74, 6) is 2.12. The topological polar surface area (TPSA) is 47.9 Å². The lowest BCUT2D eigenvalue weighted by molar-refractivity contribution is 0.259. The van der Waals surface area contributed by atoms with Crippen molar-refractivity contribution >= 4 is 0 Å². The van der Waals surface area contributed by atoms with Gasteiger partial charge in [-0.2, -0.15) is 0 Å². The molecule has 2 rings (SSSR count). The summed E-state index contributed by atoms with van der Waals surface area (Å²) in [5.41, 5.74) is 2.07. The monoisotopic (exact) mass is 302 g/mol. The van der Waals surface area contributed by atoms with Gasteiger partial charge in [0.1, 0.15) is 5.75 Å². The number of para-hydroxylation sites is 1. The lowest BCUT2D eigenvalue weighted by Crippen LogP contribution is -2.10. The van der Waals surface area contributed by atoms with E-state index in [4.69, 9.17) is 14.2 Å². The molecule has 0 aliphatic carbocycles. The minimum atomic E-state index is -0.0570. The number of benzene rings is 2. The Balaban J connectivity index is 2.27. The molecule has 0 radical (unpaired) electrons. The average molecular weight is 302 g/mol. The fraction of sp³-hybridized carbons (Fsp3) is 0.333. The maximum atomic E-state index is 9.80. The Morgan fingerprint density at radius 2 is 1.64 bits per heavy atom. The molecule has 2 aromatic rings. The standard InChI is InChI=1S/C18H22O4/c1-20-15-9-7-13(8-10-15)11-14(12-19)16-5-4-6-17(21-2)18(16)22-3/h4-10,14,19H,11-12H2,1-3H3. The smallest absolute Gasteiger partial charge is 0.164 e. The molecular formula is C18H22O4. The lowest BCUT2D eigenvalue weighted by atomic mass is 9.91. The van der Waals surface area contributed by atoms with Crippen molar-refractivity contribution in [3.05, 3.63) is 53.6 Å². The van der Waals surface area contributed by atoms with Crippen LogP contribution in [0.25, 0.3) is 0 Å². The first-order chi connectivity index (χ1) is 10.7. The number of hydrogen-bond acceptors (Lipinski definition) is 4. The Bertz CT molecular complexity index is 593. The number of hydrogen-bond donors (Lipinski definition) is 1. The largest absolute Gasteiger partial charge is 0.497 e. The van der Waals surface area contributed by atoms with Crippen LogP contribution >= 0.6 is 0 Å². The summed E-state index contributed by atoms with van der Waals surface area (Å²) in [4.78, 5) is 0. The fourth-order valence-electron chi connectivity index (χ4n) is 2.55. The molecule has 4 nitrogen and oxygen atoms in total. The van der Waals surface area contributed by atoms with Gasteiger partial charge >= 0.3 is 0 Å². The van der Waals surface area contributed by atoms with Gasteiger partial charge in [-0.1, -0.05) is 24.3 Å². The van der Waals surface area contributed by atoms with Gasteiger partial charge in [0.25, 0.3) is 0 Å². The molecule has 0 aromatic heterocycles. The highest BCUT2D eigenvalue weighted by molar-refractivity contribution is 5.48. The van der Waals surface area contributed by atoms with Gasteiger partial charge in [-0.15, -0.1) is 0 Å². The van der Waals surface area contributed by atoms with Crippen LogP contribution in [0.5, 0.6) is 17.2 Å². The van der Waals surface area contributed by atoms with E-state index in [1.165, 1.54) is 0 Å². The van der Waals surface area contributed by atoms with Gasteiger partial charge in [0, 0.05) is 11.5 Å². The summed E-state index contributed by atoms with van der Waals surface area (Å²) in [5, 5.41) is 9.80. The summed E-state index contributed by atoms with van der Waals surface area (Å²) in [6, 6.07) is 13.6. The van der Waals surface area contributed by atoms with Crippen molar-refractivity contribution < 1.29 is 19.3 Å². The molecule has 0 amide bonds. The summed E-state index contributed by atoms with van der Waals surface area (Å²) in [6.45, 7) is 0.0373. The van der Waals surface area contributed by atoms with E-state index >= 15 is 0 Å². The molecule has 0 bridgehead atoms. The molecule has 22 heavy (non-hydrogen) atoms. The highest BCUT2D eigenvalue weighted by Crippen LogP contribution is 2.36. The minimum absolute atomic E-state index is 0.0373. The maximum absolute atomic E-state index is 9.80. The van der Waals surface area contributed by atoms with Crippen molar-refractivity contribution in [2.45, 2.75) is 12.3 Å². The van der Waals surface area contributed by atoms with Crippen molar-refractivity contribution in [2.75, 3.05) is 27.9 Å². The van der Waals surface area contributed by atoms with Gasteiger partial charge in [-0.25, -0.2) is 0 Å². The van der Waals surface area contributed by atoms with Crippen LogP contribution in [-0.2, 0) is 6.42 Å². The van der Waals surface area contributed by atoms with Crippen LogP contribution in [0, 0.1) is 0 Å². The first-order valence-corrected chi connectivity index (χ1v) is 7.18. The summed E-state index contributed by atoms with van der Waals surface area (Å²) < 4.78 is 16.0. The highest BCUT2D eigenvalue weighted by atomic mass is 16.5. The Morgan fingerprint density at radius 3 is 2.18 bits per heavy atom. The second kappa shape index (κ2) is 7.71. The first kappa shape index (κ1) is 16.2. The zero-order valence-electron chi connectivity index (χ0n) is 13.2. The quantitative estimate of drug-likeness (QED) is 0.854. The third-order valence-electron chi connectivity index (χ3n) is 3.73. The predicted octanol–water partition coefficient (Wildman–Crippen LogP) is 3.03. The molecule has 0 aliphatic heterocycles. The van der Waals surface area contributed by atoms with Gasteiger partial charge in [-0.05, 0) is 30.2 Å². The maximum Gasteiger partial charge on any atom is 0.164 e. The predicted molar refractivity (Wildman–Crippen MR) is 86.1 cm³/mol. The molecule has 1 N–H and O–H groups in total. The fourth-order valence-corrected chi connectivity index (χ4v) is 2.55. The number of rotatable bonds is 7. The average Bonchev–Trinajstić information content (AvgIpc) is 2.59. The second-order valence-corrected chi connectivity index (χ2v) is 5.01. The zero-order valence-corrected chi connectivity index (χ0v) is 13.2. The molecule has 0 heterocycles. The molecule has 0 aliphatic rings. The normalized spacial score (nSPS) is 11.8. The van der Waals surface area contributed by atoms with Crippen LogP contribution in [0.4, 0.5) is 0 Å². The molecule has 118 valence electrons. The van der Waals surface area contributed by atoms with E-state index in [1.54, 1.807) is 21.3 Å². The lowest BCUT2D eigenvalue weighted by Gasteiger charge is -2.19. The Kier molecular flexibility index (Phi) is 5.67. The first-order valence-electron chi connectivity index (χ1n) is 7.18. The molecule has 0 spiro atoms. The van der Waals surface area contributed by atoms with Crippen LogP contribution in [0.2, 0.25) is 0 Å². The summed E-state index contributed by atoms with van der Waals surface area (Å²) in [7, 11) is 4.87. The van der Waals surface area contributed by atoms with E-state index in [0.29, 0.717) is 17.9 Å². The van der Waals surface area contributed by atoms with Gasteiger partial charge < -0.3 is 19.3 Å². The van der Waals surface area contributed by atoms with Gasteiger partial charge in [0.2, 0.25) is 0 Å². The number of aliphatic hydroxyl groups excluding tert-OH is 1.